The molecule has 0 radical (unpaired) electrons. The topological polar surface area (TPSA) is 76.4 Å². The number of methoxy groups -OCH3 is 1. The number of morpholine rings is 1. The Hall–Kier alpha value is -3.17. The number of benzene rings is 1. The summed E-state index contributed by atoms with van der Waals surface area (Å²) in [6.07, 6.45) is 1.41. The highest BCUT2D eigenvalue weighted by Gasteiger charge is 2.28. The van der Waals surface area contributed by atoms with Crippen LogP contribution >= 0.6 is 11.6 Å². The molecule has 34 heavy (non-hydrogen) atoms. The van der Waals surface area contributed by atoms with Gasteiger partial charge in [0.15, 0.2) is 0 Å². The molecule has 1 aliphatic heterocycles. The summed E-state index contributed by atoms with van der Waals surface area (Å²) < 4.78 is 27.9. The van der Waals surface area contributed by atoms with Crippen molar-refractivity contribution < 1.29 is 23.5 Å². The van der Waals surface area contributed by atoms with E-state index in [1.54, 1.807) is 42.4 Å². The average Bonchev–Trinajstić information content (AvgIpc) is 3.19. The molecule has 0 saturated carbocycles. The molecule has 0 bridgehead atoms. The van der Waals surface area contributed by atoms with Crippen LogP contribution in [0.15, 0.2) is 36.5 Å². The van der Waals surface area contributed by atoms with Gasteiger partial charge in [0.25, 0.3) is 5.91 Å². The summed E-state index contributed by atoms with van der Waals surface area (Å²) in [7, 11) is 3.01. The zero-order valence-corrected chi connectivity index (χ0v) is 20.0. The van der Waals surface area contributed by atoms with Crippen LogP contribution in [0.4, 0.5) is 9.18 Å². The van der Waals surface area contributed by atoms with Gasteiger partial charge in [-0.2, -0.15) is 0 Å². The van der Waals surface area contributed by atoms with E-state index in [2.05, 4.69) is 4.98 Å². The van der Waals surface area contributed by atoms with Gasteiger partial charge in [0.1, 0.15) is 11.5 Å². The zero-order valence-electron chi connectivity index (χ0n) is 19.3. The number of aromatic nitrogens is 2. The Morgan fingerprint density at radius 3 is 2.82 bits per heavy atom. The van der Waals surface area contributed by atoms with Gasteiger partial charge in [-0.15, -0.1) is 0 Å². The summed E-state index contributed by atoms with van der Waals surface area (Å²) in [5.74, 6) is -0.805. The van der Waals surface area contributed by atoms with Crippen molar-refractivity contribution in [3.63, 3.8) is 0 Å². The van der Waals surface area contributed by atoms with Crippen molar-refractivity contribution in [1.82, 2.24) is 19.2 Å². The highest BCUT2D eigenvalue weighted by molar-refractivity contribution is 6.30. The normalized spacial score (nSPS) is 16.0. The van der Waals surface area contributed by atoms with Gasteiger partial charge in [-0.3, -0.25) is 4.79 Å². The Morgan fingerprint density at radius 1 is 1.32 bits per heavy atom. The van der Waals surface area contributed by atoms with Crippen LogP contribution in [-0.4, -0.2) is 77.7 Å². The second-order valence-corrected chi connectivity index (χ2v) is 8.54. The molecule has 1 atom stereocenters. The van der Waals surface area contributed by atoms with Crippen molar-refractivity contribution in [2.24, 2.45) is 0 Å². The van der Waals surface area contributed by atoms with E-state index in [1.165, 1.54) is 18.1 Å². The van der Waals surface area contributed by atoms with E-state index in [9.17, 15) is 9.59 Å². The summed E-state index contributed by atoms with van der Waals surface area (Å²) in [5, 5.41) is 0.505. The van der Waals surface area contributed by atoms with Gasteiger partial charge in [0, 0.05) is 55.0 Å². The van der Waals surface area contributed by atoms with Crippen LogP contribution in [0, 0.1) is 5.82 Å². The molecule has 2 aromatic heterocycles. The van der Waals surface area contributed by atoms with Gasteiger partial charge in [0.2, 0.25) is 0 Å². The van der Waals surface area contributed by atoms with E-state index in [-0.39, 0.29) is 23.1 Å². The van der Waals surface area contributed by atoms with Crippen molar-refractivity contribution >= 4 is 29.2 Å². The molecule has 1 fully saturated rings. The van der Waals surface area contributed by atoms with Crippen LogP contribution in [0.5, 0.6) is 0 Å². The maximum absolute atomic E-state index is 15.3. The zero-order chi connectivity index (χ0) is 24.4. The fourth-order valence-corrected chi connectivity index (χ4v) is 4.19. The minimum atomic E-state index is -0.549. The quantitative estimate of drug-likeness (QED) is 0.544. The van der Waals surface area contributed by atoms with Crippen LogP contribution in [0.3, 0.4) is 0 Å². The number of carbonyl (C=O) groups is 2. The number of hydrogen-bond donors (Lipinski definition) is 0. The molecule has 0 N–H and O–H groups in total. The molecule has 3 aromatic rings. The van der Waals surface area contributed by atoms with E-state index >= 15 is 4.39 Å². The van der Waals surface area contributed by atoms with Crippen molar-refractivity contribution in [3.05, 3.63) is 58.6 Å². The molecule has 180 valence electrons. The van der Waals surface area contributed by atoms with Gasteiger partial charge >= 0.3 is 6.09 Å². The minimum Gasteiger partial charge on any atom is -0.453 e. The summed E-state index contributed by atoms with van der Waals surface area (Å²) >= 11 is 6.17. The molecule has 2 amide bonds. The first-order valence-corrected chi connectivity index (χ1v) is 11.4. The van der Waals surface area contributed by atoms with Crippen LogP contribution in [0.2, 0.25) is 5.02 Å². The standard InChI is InChI=1S/C24H26ClFN4O4/c1-4-28(2)23(31)15-5-6-18(19(26)11-15)22-20(30-8-7-16(25)12-21(30)27-22)13-17-14-29(9-10-34-17)24(32)33-3/h5-8,11-12,17H,4,9-10,13-14H2,1-3H3/t17-/m0/s1. The van der Waals surface area contributed by atoms with Crippen molar-refractivity contribution in [3.8, 4) is 11.3 Å². The third-order valence-corrected chi connectivity index (χ3v) is 6.21. The Balaban J connectivity index is 1.73. The predicted molar refractivity (Wildman–Crippen MR) is 126 cm³/mol. The number of carbonyl (C=O) groups excluding carboxylic acids is 2. The molecule has 0 spiro atoms. The number of rotatable bonds is 5. The SMILES string of the molecule is CCN(C)C(=O)c1ccc(-c2nc3cc(Cl)ccn3c2C[C@H]2CN(C(=O)OC)CCO2)c(F)c1. The summed E-state index contributed by atoms with van der Waals surface area (Å²) in [6.45, 7) is 3.52. The third-order valence-electron chi connectivity index (χ3n) is 5.97. The number of ether oxygens (including phenoxy) is 2. The lowest BCUT2D eigenvalue weighted by Gasteiger charge is -2.32. The molecule has 0 aliphatic carbocycles. The molecular weight excluding hydrogens is 463 g/mol. The Bertz CT molecular complexity index is 1230. The lowest BCUT2D eigenvalue weighted by atomic mass is 10.0. The maximum atomic E-state index is 15.3. The van der Waals surface area contributed by atoms with E-state index in [0.717, 1.165) is 0 Å². The number of fused-ring (bicyclic) bond motifs is 1. The molecule has 1 saturated heterocycles. The Morgan fingerprint density at radius 2 is 2.12 bits per heavy atom. The second kappa shape index (κ2) is 9.99. The van der Waals surface area contributed by atoms with E-state index in [1.807, 2.05) is 11.3 Å². The van der Waals surface area contributed by atoms with E-state index in [0.29, 0.717) is 54.7 Å². The van der Waals surface area contributed by atoms with E-state index < -0.39 is 11.9 Å². The highest BCUT2D eigenvalue weighted by atomic mass is 35.5. The number of hydrogen-bond acceptors (Lipinski definition) is 5. The molecule has 4 rings (SSSR count). The fourth-order valence-electron chi connectivity index (χ4n) is 4.04. The lowest BCUT2D eigenvalue weighted by molar-refractivity contribution is -0.0241. The first kappa shape index (κ1) is 24.0. The molecule has 1 aliphatic rings. The lowest BCUT2D eigenvalue weighted by Crippen LogP contribution is -2.46. The van der Waals surface area contributed by atoms with Crippen molar-refractivity contribution in [2.75, 3.05) is 40.4 Å². The molecular formula is C24H26ClFN4O4. The van der Waals surface area contributed by atoms with Gasteiger partial charge in [-0.1, -0.05) is 11.6 Å². The van der Waals surface area contributed by atoms with Crippen LogP contribution in [-0.2, 0) is 15.9 Å². The summed E-state index contributed by atoms with van der Waals surface area (Å²) in [4.78, 5) is 32.2. The van der Waals surface area contributed by atoms with Gasteiger partial charge in [-0.05, 0) is 31.2 Å². The highest BCUT2D eigenvalue weighted by Crippen LogP contribution is 2.30. The fraction of sp³-hybridized carbons (Fsp3) is 0.375. The molecule has 8 nitrogen and oxygen atoms in total. The first-order chi connectivity index (χ1) is 16.3. The Labute approximate surface area is 201 Å². The number of amides is 2. The number of imidazole rings is 1. The first-order valence-electron chi connectivity index (χ1n) is 11.0. The van der Waals surface area contributed by atoms with E-state index in [4.69, 9.17) is 21.1 Å². The van der Waals surface area contributed by atoms with Crippen LogP contribution in [0.1, 0.15) is 23.0 Å². The third kappa shape index (κ3) is 4.71. The maximum Gasteiger partial charge on any atom is 0.409 e. The molecule has 3 heterocycles. The summed E-state index contributed by atoms with van der Waals surface area (Å²) in [6, 6.07) is 7.83. The molecule has 0 unspecified atom stereocenters. The van der Waals surface area contributed by atoms with Crippen LogP contribution in [0.25, 0.3) is 16.9 Å². The van der Waals surface area contributed by atoms with Crippen molar-refractivity contribution in [1.29, 1.82) is 0 Å². The largest absolute Gasteiger partial charge is 0.453 e. The smallest absolute Gasteiger partial charge is 0.409 e. The Kier molecular flexibility index (Phi) is 7.04. The van der Waals surface area contributed by atoms with Gasteiger partial charge in [-0.25, -0.2) is 14.2 Å². The monoisotopic (exact) mass is 488 g/mol. The van der Waals surface area contributed by atoms with Crippen LogP contribution < -0.4 is 0 Å². The molecule has 1 aromatic carbocycles. The molecule has 10 heteroatoms. The van der Waals surface area contributed by atoms with Gasteiger partial charge < -0.3 is 23.7 Å². The summed E-state index contributed by atoms with van der Waals surface area (Å²) in [5.41, 5.74) is 2.24. The van der Waals surface area contributed by atoms with Crippen molar-refractivity contribution in [2.45, 2.75) is 19.4 Å². The van der Waals surface area contributed by atoms with Gasteiger partial charge in [0.05, 0.1) is 37.8 Å². The second-order valence-electron chi connectivity index (χ2n) is 8.11. The number of pyridine rings is 1. The number of halogens is 2. The number of nitrogens with zero attached hydrogens (tertiary/aromatic N) is 4. The average molecular weight is 489 g/mol. The predicted octanol–water partition coefficient (Wildman–Crippen LogP) is 3.90. The minimum absolute atomic E-state index is 0.256.